The van der Waals surface area contributed by atoms with Crippen molar-refractivity contribution in [2.75, 3.05) is 6.54 Å². The third kappa shape index (κ3) is 1.85. The van der Waals surface area contributed by atoms with Gasteiger partial charge in [0.15, 0.2) is 0 Å². The van der Waals surface area contributed by atoms with Crippen molar-refractivity contribution in [2.45, 2.75) is 6.42 Å². The minimum absolute atomic E-state index is 0.119. The molecule has 0 saturated heterocycles. The van der Waals surface area contributed by atoms with E-state index in [9.17, 15) is 9.90 Å². The monoisotopic (exact) mass is 219 g/mol. The summed E-state index contributed by atoms with van der Waals surface area (Å²) in [6, 6.07) is 6.80. The molecule has 0 amide bonds. The third-order valence-corrected chi connectivity index (χ3v) is 2.35. The Labute approximate surface area is 92.1 Å². The lowest BCUT2D eigenvalue weighted by molar-refractivity contribution is 0.470. The highest BCUT2D eigenvalue weighted by atomic mass is 16.3. The molecule has 1 aromatic heterocycles. The van der Waals surface area contributed by atoms with Crippen LogP contribution < -0.4 is 11.3 Å². The second kappa shape index (κ2) is 4.24. The third-order valence-electron chi connectivity index (χ3n) is 2.35. The molecular weight excluding hydrogens is 206 g/mol. The van der Waals surface area contributed by atoms with Crippen LogP contribution >= 0.6 is 0 Å². The van der Waals surface area contributed by atoms with Crippen LogP contribution in [0.3, 0.4) is 0 Å². The number of nitrogens with one attached hydrogen (secondary N) is 1. The van der Waals surface area contributed by atoms with Crippen molar-refractivity contribution in [1.29, 1.82) is 0 Å². The van der Waals surface area contributed by atoms with Gasteiger partial charge in [-0.1, -0.05) is 12.1 Å². The summed E-state index contributed by atoms with van der Waals surface area (Å²) in [6.45, 7) is 0.424. The molecule has 0 aliphatic rings. The smallest absolute Gasteiger partial charge is 0.267 e. The zero-order valence-electron chi connectivity index (χ0n) is 8.68. The van der Waals surface area contributed by atoms with Crippen molar-refractivity contribution < 1.29 is 5.11 Å². The Morgan fingerprint density at radius 3 is 2.81 bits per heavy atom. The predicted octanol–water partition coefficient (Wildman–Crippen LogP) is 0.372. The molecule has 5 nitrogen and oxygen atoms in total. The minimum atomic E-state index is -0.172. The minimum Gasteiger partial charge on any atom is -0.506 e. The fraction of sp³-hybridized carbons (Fsp3) is 0.182. The quantitative estimate of drug-likeness (QED) is 0.697. The zero-order chi connectivity index (χ0) is 11.5. The first-order valence-electron chi connectivity index (χ1n) is 5.01. The number of nitrogens with two attached hydrogens (primary N) is 1. The second-order valence-corrected chi connectivity index (χ2v) is 3.49. The van der Waals surface area contributed by atoms with Gasteiger partial charge in [0.1, 0.15) is 11.4 Å². The summed E-state index contributed by atoms with van der Waals surface area (Å²) in [5.41, 5.74) is 6.38. The molecule has 1 aromatic carbocycles. The van der Waals surface area contributed by atoms with Gasteiger partial charge < -0.3 is 10.8 Å². The van der Waals surface area contributed by atoms with E-state index in [1.165, 1.54) is 4.68 Å². The molecule has 0 aliphatic heterocycles. The number of aromatic hydroxyl groups is 1. The number of rotatable bonds is 3. The summed E-state index contributed by atoms with van der Waals surface area (Å²) in [5, 5.41) is 12.3. The first kappa shape index (κ1) is 10.5. The van der Waals surface area contributed by atoms with Gasteiger partial charge in [0.2, 0.25) is 0 Å². The van der Waals surface area contributed by atoms with Crippen molar-refractivity contribution in [3.8, 4) is 11.4 Å². The molecule has 0 unspecified atom stereocenters. The average molecular weight is 219 g/mol. The number of phenolic OH excluding ortho intramolecular Hbond substituents is 1. The Kier molecular flexibility index (Phi) is 2.78. The number of H-pyrrole nitrogens is 1. The van der Waals surface area contributed by atoms with Crippen LogP contribution in [0.25, 0.3) is 5.69 Å². The van der Waals surface area contributed by atoms with Gasteiger partial charge in [-0.25, -0.2) is 0 Å². The van der Waals surface area contributed by atoms with Crippen molar-refractivity contribution in [2.24, 2.45) is 5.73 Å². The fourth-order valence-corrected chi connectivity index (χ4v) is 1.56. The number of aromatic amines is 1. The molecule has 0 radical (unpaired) electrons. The molecule has 0 fully saturated rings. The summed E-state index contributed by atoms with van der Waals surface area (Å²) in [7, 11) is 0. The van der Waals surface area contributed by atoms with Crippen LogP contribution in [0.1, 0.15) is 5.56 Å². The number of phenols is 1. The highest BCUT2D eigenvalue weighted by molar-refractivity contribution is 5.44. The molecule has 0 bridgehead atoms. The standard InChI is InChI=1S/C11H13N3O2/c12-6-5-8-7-14(13-11(8)16)9-3-1-2-4-10(9)15/h1-4,7,15H,5-6,12H2,(H,13,16). The van der Waals surface area contributed by atoms with Gasteiger partial charge in [-0.05, 0) is 25.1 Å². The molecule has 2 aromatic rings. The molecule has 0 spiro atoms. The van der Waals surface area contributed by atoms with E-state index in [0.717, 1.165) is 0 Å². The number of aromatic nitrogens is 2. The Bertz CT molecular complexity index is 542. The average Bonchev–Trinajstić information content (AvgIpc) is 2.61. The molecule has 2 rings (SSSR count). The van der Waals surface area contributed by atoms with Gasteiger partial charge in [-0.2, -0.15) is 0 Å². The predicted molar refractivity (Wildman–Crippen MR) is 60.8 cm³/mol. The highest BCUT2D eigenvalue weighted by Gasteiger charge is 2.07. The number of hydrogen-bond donors (Lipinski definition) is 3. The SMILES string of the molecule is NCCc1cn(-c2ccccc2O)[nH]c1=O. The van der Waals surface area contributed by atoms with Crippen molar-refractivity contribution in [1.82, 2.24) is 9.78 Å². The van der Waals surface area contributed by atoms with E-state index in [1.807, 2.05) is 0 Å². The molecule has 0 saturated carbocycles. The van der Waals surface area contributed by atoms with Crippen LogP contribution in [0, 0.1) is 0 Å². The number of benzene rings is 1. The molecule has 1 heterocycles. The number of nitrogens with zero attached hydrogens (tertiary/aromatic N) is 1. The molecular formula is C11H13N3O2. The first-order chi connectivity index (χ1) is 7.72. The van der Waals surface area contributed by atoms with Gasteiger partial charge in [0.05, 0.1) is 0 Å². The van der Waals surface area contributed by atoms with Crippen LogP contribution in [-0.2, 0) is 6.42 Å². The Hall–Kier alpha value is -2.01. The van der Waals surface area contributed by atoms with Crippen LogP contribution in [0.5, 0.6) is 5.75 Å². The Morgan fingerprint density at radius 2 is 2.12 bits per heavy atom. The second-order valence-electron chi connectivity index (χ2n) is 3.49. The summed E-state index contributed by atoms with van der Waals surface area (Å²) in [6.07, 6.45) is 2.18. The topological polar surface area (TPSA) is 84.0 Å². The van der Waals surface area contributed by atoms with Gasteiger partial charge in [-0.15, -0.1) is 0 Å². The van der Waals surface area contributed by atoms with E-state index in [-0.39, 0.29) is 11.3 Å². The molecule has 5 heteroatoms. The van der Waals surface area contributed by atoms with Gasteiger partial charge in [0, 0.05) is 11.8 Å². The van der Waals surface area contributed by atoms with E-state index in [4.69, 9.17) is 5.73 Å². The summed E-state index contributed by atoms with van der Waals surface area (Å²) in [5.74, 6) is 0.119. The summed E-state index contributed by atoms with van der Waals surface area (Å²) < 4.78 is 1.50. The van der Waals surface area contributed by atoms with Crippen molar-refractivity contribution in [3.05, 3.63) is 46.4 Å². The van der Waals surface area contributed by atoms with Gasteiger partial charge >= 0.3 is 0 Å². The van der Waals surface area contributed by atoms with Crippen molar-refractivity contribution in [3.63, 3.8) is 0 Å². The molecule has 16 heavy (non-hydrogen) atoms. The van der Waals surface area contributed by atoms with E-state index in [2.05, 4.69) is 5.10 Å². The van der Waals surface area contributed by atoms with E-state index in [0.29, 0.717) is 24.2 Å². The van der Waals surface area contributed by atoms with E-state index < -0.39 is 0 Å². The Balaban J connectivity index is 2.46. The lowest BCUT2D eigenvalue weighted by Gasteiger charge is -2.03. The molecule has 84 valence electrons. The van der Waals surface area contributed by atoms with Crippen LogP contribution in [0.2, 0.25) is 0 Å². The molecule has 0 atom stereocenters. The maximum atomic E-state index is 11.5. The highest BCUT2D eigenvalue weighted by Crippen LogP contribution is 2.19. The number of para-hydroxylation sites is 2. The van der Waals surface area contributed by atoms with Crippen LogP contribution in [0.15, 0.2) is 35.3 Å². The number of hydrogen-bond acceptors (Lipinski definition) is 3. The van der Waals surface area contributed by atoms with E-state index >= 15 is 0 Å². The lowest BCUT2D eigenvalue weighted by Crippen LogP contribution is -2.11. The van der Waals surface area contributed by atoms with Crippen molar-refractivity contribution >= 4 is 0 Å². The van der Waals surface area contributed by atoms with Gasteiger partial charge in [-0.3, -0.25) is 14.6 Å². The largest absolute Gasteiger partial charge is 0.506 e. The summed E-state index contributed by atoms with van der Waals surface area (Å²) in [4.78, 5) is 11.5. The zero-order valence-corrected chi connectivity index (χ0v) is 8.68. The van der Waals surface area contributed by atoms with Crippen LogP contribution in [-0.4, -0.2) is 21.4 Å². The maximum absolute atomic E-state index is 11.5. The lowest BCUT2D eigenvalue weighted by atomic mass is 10.2. The molecule has 0 aliphatic carbocycles. The van der Waals surface area contributed by atoms with Gasteiger partial charge in [0.25, 0.3) is 5.56 Å². The normalized spacial score (nSPS) is 10.6. The fourth-order valence-electron chi connectivity index (χ4n) is 1.56. The molecule has 4 N–H and O–H groups in total. The Morgan fingerprint density at radius 1 is 1.38 bits per heavy atom. The first-order valence-corrected chi connectivity index (χ1v) is 5.01. The maximum Gasteiger partial charge on any atom is 0.267 e. The van der Waals surface area contributed by atoms with E-state index in [1.54, 1.807) is 30.5 Å². The van der Waals surface area contributed by atoms with Crippen LogP contribution in [0.4, 0.5) is 0 Å². The summed E-state index contributed by atoms with van der Waals surface area (Å²) >= 11 is 0.